The predicted molar refractivity (Wildman–Crippen MR) is 164 cm³/mol. The number of ether oxygens (including phenoxy) is 1. The minimum Gasteiger partial charge on any atom is -0.492 e. The summed E-state index contributed by atoms with van der Waals surface area (Å²) in [7, 11) is 0. The molecule has 5 aromatic rings. The fraction of sp³-hybridized carbons (Fsp3) is 0.300. The molecule has 4 heterocycles. The lowest BCUT2D eigenvalue weighted by Crippen LogP contribution is -2.38. The van der Waals surface area contributed by atoms with Gasteiger partial charge in [0.25, 0.3) is 0 Å². The Morgan fingerprint density at radius 2 is 1.90 bits per heavy atom. The van der Waals surface area contributed by atoms with E-state index in [1.54, 1.807) is 23.5 Å². The fourth-order valence-corrected chi connectivity index (χ4v) is 5.52. The number of hydrogen-bond donors (Lipinski definition) is 3. The molecule has 0 bridgehead atoms. The Morgan fingerprint density at radius 1 is 1.12 bits per heavy atom. The average molecular weight is 631 g/mol. The van der Waals surface area contributed by atoms with E-state index < -0.39 is 0 Å². The Balaban J connectivity index is 1.06. The van der Waals surface area contributed by atoms with Gasteiger partial charge in [-0.2, -0.15) is 5.10 Å². The van der Waals surface area contributed by atoms with Crippen LogP contribution in [0.15, 0.2) is 71.9 Å². The Hall–Kier alpha value is -4.29. The number of rotatable bonds is 10. The second kappa shape index (κ2) is 12.7. The van der Waals surface area contributed by atoms with E-state index in [2.05, 4.69) is 75.8 Å². The van der Waals surface area contributed by atoms with Gasteiger partial charge in [-0.25, -0.2) is 19.6 Å². The first-order valence-electron chi connectivity index (χ1n) is 14.0. The lowest BCUT2D eigenvalue weighted by atomic mass is 10.0. The molecule has 3 N–H and O–H groups in total. The number of carbonyl (C=O) groups is 1. The molecule has 12 heteroatoms. The first kappa shape index (κ1) is 27.9. The fourth-order valence-electron chi connectivity index (χ4n) is 5.11. The van der Waals surface area contributed by atoms with Crippen LogP contribution in [0.3, 0.4) is 0 Å². The third-order valence-corrected chi connectivity index (χ3v) is 7.91. The number of nitrogens with one attached hydrogen (secondary N) is 3. The number of benzene rings is 2. The van der Waals surface area contributed by atoms with Crippen LogP contribution in [0.4, 0.5) is 5.69 Å². The van der Waals surface area contributed by atoms with Crippen LogP contribution in [0.2, 0.25) is 0 Å². The number of aromatic nitrogens is 6. The van der Waals surface area contributed by atoms with Crippen LogP contribution in [0.1, 0.15) is 25.3 Å². The predicted octanol–water partition coefficient (Wildman–Crippen LogP) is 4.56. The first-order chi connectivity index (χ1) is 20.5. The van der Waals surface area contributed by atoms with Gasteiger partial charge < -0.3 is 20.4 Å². The summed E-state index contributed by atoms with van der Waals surface area (Å²) < 4.78 is 8.37. The number of pyridine rings is 1. The highest BCUT2D eigenvalue weighted by Crippen LogP contribution is 2.33. The normalized spacial score (nSPS) is 14.2. The van der Waals surface area contributed by atoms with Crippen molar-refractivity contribution in [3.63, 3.8) is 0 Å². The van der Waals surface area contributed by atoms with Gasteiger partial charge >= 0.3 is 0 Å². The molecule has 1 fully saturated rings. The summed E-state index contributed by atoms with van der Waals surface area (Å²) in [6, 6.07) is 16.6. The number of piperidine rings is 1. The van der Waals surface area contributed by atoms with Gasteiger partial charge in [-0.05, 0) is 70.7 Å². The summed E-state index contributed by atoms with van der Waals surface area (Å²) in [5.41, 5.74) is 5.77. The highest BCUT2D eigenvalue weighted by molar-refractivity contribution is 9.10. The van der Waals surface area contributed by atoms with Crippen LogP contribution in [0, 0.1) is 0 Å². The van der Waals surface area contributed by atoms with Crippen molar-refractivity contribution < 1.29 is 9.53 Å². The molecular formula is C30H32BrN9O2. The van der Waals surface area contributed by atoms with E-state index in [9.17, 15) is 4.79 Å². The molecule has 11 nitrogen and oxygen atoms in total. The van der Waals surface area contributed by atoms with Crippen molar-refractivity contribution >= 4 is 38.7 Å². The molecule has 0 spiro atoms. The second-order valence-corrected chi connectivity index (χ2v) is 11.2. The monoisotopic (exact) mass is 629 g/mol. The lowest BCUT2D eigenvalue weighted by Gasteiger charge is -2.33. The van der Waals surface area contributed by atoms with Gasteiger partial charge in [0.15, 0.2) is 5.65 Å². The number of likely N-dealkylation sites (tertiary alicyclic amines) is 1. The Kier molecular flexibility index (Phi) is 8.42. The van der Waals surface area contributed by atoms with Crippen LogP contribution in [-0.4, -0.2) is 72.8 Å². The van der Waals surface area contributed by atoms with Crippen molar-refractivity contribution in [1.29, 1.82) is 0 Å². The summed E-state index contributed by atoms with van der Waals surface area (Å²) in [5, 5.41) is 10.7. The number of aromatic amines is 1. The average Bonchev–Trinajstić information content (AvgIpc) is 3.70. The number of halogens is 1. The number of fused-ring (bicyclic) bond motifs is 1. The van der Waals surface area contributed by atoms with E-state index in [-0.39, 0.29) is 5.91 Å². The molecule has 2 aromatic carbocycles. The third kappa shape index (κ3) is 6.60. The highest BCUT2D eigenvalue weighted by Gasteiger charge is 2.22. The molecule has 6 rings (SSSR count). The number of H-pyrrole nitrogens is 1. The van der Waals surface area contributed by atoms with E-state index in [0.717, 1.165) is 71.0 Å². The molecule has 42 heavy (non-hydrogen) atoms. The third-order valence-electron chi connectivity index (χ3n) is 7.31. The molecule has 1 aliphatic heterocycles. The van der Waals surface area contributed by atoms with E-state index >= 15 is 0 Å². The van der Waals surface area contributed by atoms with Gasteiger partial charge in [0, 0.05) is 44.4 Å². The van der Waals surface area contributed by atoms with Gasteiger partial charge in [0.2, 0.25) is 5.91 Å². The number of amides is 1. The van der Waals surface area contributed by atoms with Crippen molar-refractivity contribution in [2.75, 3.05) is 31.6 Å². The van der Waals surface area contributed by atoms with Crippen LogP contribution >= 0.6 is 15.9 Å². The standard InChI is InChI=1S/C30H32BrN9O2/c1-20(41)33-12-15-42-25-8-4-22(5-9-25)29-37-28-27(26(31)16-34-30(28)38-29)36-23-10-13-39(14-11-23)17-21-2-6-24(7-3-21)40-19-32-18-35-40/h2-9,16,18-19,23H,10-15,17H2,1H3,(H,33,41)(H2,34,36,37,38). The van der Waals surface area contributed by atoms with Crippen LogP contribution in [0.25, 0.3) is 28.2 Å². The molecule has 1 amide bonds. The molecular weight excluding hydrogens is 598 g/mol. The molecule has 0 radical (unpaired) electrons. The van der Waals surface area contributed by atoms with Gasteiger partial charge in [-0.3, -0.25) is 9.69 Å². The number of carbonyl (C=O) groups excluding carboxylic acids is 1. The Morgan fingerprint density at radius 3 is 2.62 bits per heavy atom. The Labute approximate surface area is 251 Å². The van der Waals surface area contributed by atoms with Crippen molar-refractivity contribution in [3.8, 4) is 22.8 Å². The van der Waals surface area contributed by atoms with Crippen molar-refractivity contribution in [2.24, 2.45) is 0 Å². The summed E-state index contributed by atoms with van der Waals surface area (Å²) in [6.07, 6.45) is 7.14. The summed E-state index contributed by atoms with van der Waals surface area (Å²) in [5.74, 6) is 1.41. The van der Waals surface area contributed by atoms with E-state index in [1.165, 1.54) is 12.5 Å². The zero-order valence-corrected chi connectivity index (χ0v) is 24.8. The van der Waals surface area contributed by atoms with Crippen molar-refractivity contribution in [1.82, 2.24) is 39.9 Å². The molecule has 1 aliphatic rings. The maximum Gasteiger partial charge on any atom is 0.216 e. The smallest absolute Gasteiger partial charge is 0.216 e. The number of hydrogen-bond acceptors (Lipinski definition) is 8. The Bertz CT molecular complexity index is 1630. The minimum absolute atomic E-state index is 0.0685. The number of anilines is 1. The van der Waals surface area contributed by atoms with Crippen LogP contribution in [0.5, 0.6) is 5.75 Å². The molecule has 216 valence electrons. The maximum absolute atomic E-state index is 11.0. The van der Waals surface area contributed by atoms with E-state index in [1.807, 2.05) is 24.3 Å². The zero-order valence-electron chi connectivity index (χ0n) is 23.3. The molecule has 0 saturated carbocycles. The second-order valence-electron chi connectivity index (χ2n) is 10.3. The largest absolute Gasteiger partial charge is 0.492 e. The van der Waals surface area contributed by atoms with E-state index in [4.69, 9.17) is 9.72 Å². The van der Waals surface area contributed by atoms with Gasteiger partial charge in [0.05, 0.1) is 22.4 Å². The quantitative estimate of drug-likeness (QED) is 0.192. The van der Waals surface area contributed by atoms with Gasteiger partial charge in [0.1, 0.15) is 36.4 Å². The number of imidazole rings is 1. The summed E-state index contributed by atoms with van der Waals surface area (Å²) >= 11 is 3.70. The van der Waals surface area contributed by atoms with Crippen LogP contribution < -0.4 is 15.4 Å². The van der Waals surface area contributed by atoms with Crippen LogP contribution in [-0.2, 0) is 11.3 Å². The van der Waals surface area contributed by atoms with E-state index in [0.29, 0.717) is 24.8 Å². The van der Waals surface area contributed by atoms with Crippen molar-refractivity contribution in [2.45, 2.75) is 32.4 Å². The zero-order chi connectivity index (χ0) is 28.9. The summed E-state index contributed by atoms with van der Waals surface area (Å²) in [4.78, 5) is 30.3. The molecule has 0 aliphatic carbocycles. The molecule has 0 unspecified atom stereocenters. The number of nitrogens with zero attached hydrogens (tertiary/aromatic N) is 6. The molecule has 1 saturated heterocycles. The van der Waals surface area contributed by atoms with Gasteiger partial charge in [-0.1, -0.05) is 12.1 Å². The minimum atomic E-state index is -0.0685. The SMILES string of the molecule is CC(=O)NCCOc1ccc(-c2nc3ncc(Br)c(NC4CCN(Cc5ccc(-n6cncn6)cc5)CC4)c3[nH]2)cc1. The topological polar surface area (TPSA) is 126 Å². The maximum atomic E-state index is 11.0. The first-order valence-corrected chi connectivity index (χ1v) is 14.8. The molecule has 3 aromatic heterocycles. The highest BCUT2D eigenvalue weighted by atomic mass is 79.9. The lowest BCUT2D eigenvalue weighted by molar-refractivity contribution is -0.119. The summed E-state index contributed by atoms with van der Waals surface area (Å²) in [6.45, 7) is 5.33. The molecule has 0 atom stereocenters. The van der Waals surface area contributed by atoms with Crippen molar-refractivity contribution in [3.05, 3.63) is 77.4 Å². The van der Waals surface area contributed by atoms with Gasteiger partial charge in [-0.15, -0.1) is 0 Å².